The number of ether oxygens (including phenoxy) is 3. The Balaban J connectivity index is 1.37. The first-order valence-electron chi connectivity index (χ1n) is 9.63. The molecule has 0 atom stereocenters. The highest BCUT2D eigenvalue weighted by atomic mass is 32.2. The zero-order chi connectivity index (χ0) is 23.5. The van der Waals surface area contributed by atoms with Gasteiger partial charge >= 0.3 is 5.69 Å². The van der Waals surface area contributed by atoms with E-state index in [-0.39, 0.29) is 42.8 Å². The Morgan fingerprint density at radius 2 is 2.09 bits per heavy atom. The van der Waals surface area contributed by atoms with Gasteiger partial charge in [0.1, 0.15) is 4.32 Å². The lowest BCUT2D eigenvalue weighted by atomic mass is 10.1. The standard InChI is InChI=1S/C21H17N3O7S2/c1-29-15-5-3-13(10-14(15)24(27)28)19(25)22-6-7-23-20(26)18(33-21(23)32)9-12-2-4-16-17(8-12)31-11-30-16/h2-5,8-10H,6-7,11H2,1H3,(H,22,25)/b18-9-. The molecule has 1 N–H and O–H groups in total. The number of hydrogen-bond acceptors (Lipinski definition) is 9. The third-order valence-electron chi connectivity index (χ3n) is 4.83. The van der Waals surface area contributed by atoms with Gasteiger partial charge in [-0.05, 0) is 35.9 Å². The number of fused-ring (bicyclic) bond motifs is 1. The summed E-state index contributed by atoms with van der Waals surface area (Å²) in [5, 5.41) is 13.8. The van der Waals surface area contributed by atoms with Gasteiger partial charge in [0, 0.05) is 24.7 Å². The molecular formula is C21H17N3O7S2. The molecule has 2 aliphatic rings. The first kappa shape index (κ1) is 22.6. The van der Waals surface area contributed by atoms with Crippen LogP contribution in [0.2, 0.25) is 0 Å². The molecule has 0 bridgehead atoms. The van der Waals surface area contributed by atoms with E-state index in [1.807, 2.05) is 6.07 Å². The molecule has 33 heavy (non-hydrogen) atoms. The number of thioether (sulfide) groups is 1. The minimum absolute atomic E-state index is 0.0587. The van der Waals surface area contributed by atoms with Crippen LogP contribution in [0.1, 0.15) is 15.9 Å². The highest BCUT2D eigenvalue weighted by molar-refractivity contribution is 8.26. The van der Waals surface area contributed by atoms with Gasteiger partial charge in [-0.1, -0.05) is 30.0 Å². The van der Waals surface area contributed by atoms with Gasteiger partial charge in [-0.25, -0.2) is 0 Å². The van der Waals surface area contributed by atoms with Crippen LogP contribution in [0.5, 0.6) is 17.2 Å². The Bertz CT molecular complexity index is 1200. The van der Waals surface area contributed by atoms with E-state index in [0.29, 0.717) is 20.7 Å². The van der Waals surface area contributed by atoms with Crippen molar-refractivity contribution in [1.82, 2.24) is 10.2 Å². The predicted octanol–water partition coefficient (Wildman–Crippen LogP) is 2.96. The summed E-state index contributed by atoms with van der Waals surface area (Å²) in [5.74, 6) is 0.542. The number of carbonyl (C=O) groups is 2. The van der Waals surface area contributed by atoms with Crippen LogP contribution < -0.4 is 19.5 Å². The molecular weight excluding hydrogens is 470 g/mol. The Kier molecular flexibility index (Phi) is 6.47. The maximum absolute atomic E-state index is 12.8. The van der Waals surface area contributed by atoms with Crippen molar-refractivity contribution >= 4 is 51.9 Å². The van der Waals surface area contributed by atoms with Crippen LogP contribution in [0, 0.1) is 10.1 Å². The Morgan fingerprint density at radius 3 is 2.85 bits per heavy atom. The number of nitrogens with zero attached hydrogens (tertiary/aromatic N) is 2. The second-order valence-electron chi connectivity index (χ2n) is 6.85. The van der Waals surface area contributed by atoms with Crippen LogP contribution in [0.25, 0.3) is 6.08 Å². The van der Waals surface area contributed by atoms with Crippen molar-refractivity contribution < 1.29 is 28.7 Å². The van der Waals surface area contributed by atoms with Crippen molar-refractivity contribution in [3.63, 3.8) is 0 Å². The largest absolute Gasteiger partial charge is 0.490 e. The fourth-order valence-electron chi connectivity index (χ4n) is 3.20. The summed E-state index contributed by atoms with van der Waals surface area (Å²) in [6, 6.07) is 9.29. The van der Waals surface area contributed by atoms with E-state index >= 15 is 0 Å². The van der Waals surface area contributed by atoms with Crippen molar-refractivity contribution in [1.29, 1.82) is 0 Å². The first-order chi connectivity index (χ1) is 15.9. The van der Waals surface area contributed by atoms with E-state index in [0.717, 1.165) is 11.6 Å². The molecule has 170 valence electrons. The molecule has 10 nitrogen and oxygen atoms in total. The number of nitrogens with one attached hydrogen (secondary N) is 1. The fraction of sp³-hybridized carbons (Fsp3) is 0.190. The number of nitro groups is 1. The van der Waals surface area contributed by atoms with Crippen molar-refractivity contribution in [2.45, 2.75) is 0 Å². The Hall–Kier alpha value is -3.64. The maximum Gasteiger partial charge on any atom is 0.311 e. The molecule has 1 saturated heterocycles. The van der Waals surface area contributed by atoms with E-state index in [4.69, 9.17) is 26.4 Å². The Labute approximate surface area is 197 Å². The van der Waals surface area contributed by atoms with Crippen LogP contribution >= 0.6 is 24.0 Å². The van der Waals surface area contributed by atoms with E-state index in [1.54, 1.807) is 18.2 Å². The van der Waals surface area contributed by atoms with E-state index in [2.05, 4.69) is 5.32 Å². The van der Waals surface area contributed by atoms with Crippen molar-refractivity contribution in [3.8, 4) is 17.2 Å². The molecule has 0 radical (unpaired) electrons. The maximum atomic E-state index is 12.8. The van der Waals surface area contributed by atoms with Crippen molar-refractivity contribution in [2.75, 3.05) is 27.0 Å². The van der Waals surface area contributed by atoms with E-state index < -0.39 is 10.8 Å². The number of hydrogen-bond donors (Lipinski definition) is 1. The monoisotopic (exact) mass is 487 g/mol. The lowest BCUT2D eigenvalue weighted by Gasteiger charge is -2.15. The quantitative estimate of drug-likeness (QED) is 0.272. The smallest absolute Gasteiger partial charge is 0.311 e. The summed E-state index contributed by atoms with van der Waals surface area (Å²) in [7, 11) is 1.31. The van der Waals surface area contributed by atoms with Gasteiger partial charge in [-0.2, -0.15) is 0 Å². The third-order valence-corrected chi connectivity index (χ3v) is 6.20. The Morgan fingerprint density at radius 1 is 1.30 bits per heavy atom. The number of thiocarbonyl (C=S) groups is 1. The van der Waals surface area contributed by atoms with E-state index in [9.17, 15) is 19.7 Å². The average molecular weight is 488 g/mol. The summed E-state index contributed by atoms with van der Waals surface area (Å²) in [5.41, 5.74) is 0.570. The zero-order valence-electron chi connectivity index (χ0n) is 17.2. The number of nitro benzene ring substituents is 1. The lowest BCUT2D eigenvalue weighted by Crippen LogP contribution is -2.37. The van der Waals surface area contributed by atoms with Gasteiger partial charge in [-0.3, -0.25) is 24.6 Å². The number of carbonyl (C=O) groups excluding carboxylic acids is 2. The molecule has 1 fully saturated rings. The third kappa shape index (κ3) is 4.76. The summed E-state index contributed by atoms with van der Waals surface area (Å²) < 4.78 is 16.0. The topological polar surface area (TPSA) is 120 Å². The van der Waals surface area contributed by atoms with Gasteiger partial charge in [0.25, 0.3) is 11.8 Å². The molecule has 4 rings (SSSR count). The average Bonchev–Trinajstić information content (AvgIpc) is 3.37. The van der Waals surface area contributed by atoms with Crippen LogP contribution in [-0.2, 0) is 4.79 Å². The van der Waals surface area contributed by atoms with Crippen molar-refractivity contribution in [2.24, 2.45) is 0 Å². The molecule has 2 aromatic rings. The molecule has 0 spiro atoms. The SMILES string of the molecule is COc1ccc(C(=O)NCCN2C(=O)/C(=C/c3ccc4c(c3)OCO4)SC2=S)cc1[N+](=O)[O-]. The second kappa shape index (κ2) is 9.46. The molecule has 0 aromatic heterocycles. The van der Waals surface area contributed by atoms with Gasteiger partial charge in [0.2, 0.25) is 6.79 Å². The van der Waals surface area contributed by atoms with Gasteiger partial charge in [0.05, 0.1) is 16.9 Å². The normalized spacial score (nSPS) is 15.8. The van der Waals surface area contributed by atoms with Crippen LogP contribution in [-0.4, -0.2) is 53.0 Å². The molecule has 0 aliphatic carbocycles. The summed E-state index contributed by atoms with van der Waals surface area (Å²) in [6.45, 7) is 0.437. The van der Waals surface area contributed by atoms with Crippen LogP contribution in [0.4, 0.5) is 5.69 Å². The summed E-state index contributed by atoms with van der Waals surface area (Å²) >= 11 is 6.49. The summed E-state index contributed by atoms with van der Waals surface area (Å²) in [6.07, 6.45) is 1.72. The molecule has 0 unspecified atom stereocenters. The highest BCUT2D eigenvalue weighted by Crippen LogP contribution is 2.36. The minimum Gasteiger partial charge on any atom is -0.490 e. The molecule has 0 saturated carbocycles. The minimum atomic E-state index is -0.623. The number of amides is 2. The molecule has 2 aliphatic heterocycles. The predicted molar refractivity (Wildman–Crippen MR) is 124 cm³/mol. The van der Waals surface area contributed by atoms with Crippen LogP contribution in [0.3, 0.4) is 0 Å². The van der Waals surface area contributed by atoms with Gasteiger partial charge in [0.15, 0.2) is 17.2 Å². The molecule has 2 aromatic carbocycles. The first-order valence-corrected chi connectivity index (χ1v) is 10.9. The van der Waals surface area contributed by atoms with Crippen LogP contribution in [0.15, 0.2) is 41.3 Å². The zero-order valence-corrected chi connectivity index (χ0v) is 18.9. The number of methoxy groups -OCH3 is 1. The van der Waals surface area contributed by atoms with Gasteiger partial charge in [-0.15, -0.1) is 0 Å². The highest BCUT2D eigenvalue weighted by Gasteiger charge is 2.32. The fourth-order valence-corrected chi connectivity index (χ4v) is 4.51. The lowest BCUT2D eigenvalue weighted by molar-refractivity contribution is -0.385. The van der Waals surface area contributed by atoms with E-state index in [1.165, 1.54) is 35.9 Å². The molecule has 12 heteroatoms. The second-order valence-corrected chi connectivity index (χ2v) is 8.52. The molecule has 2 amide bonds. The molecule has 2 heterocycles. The van der Waals surface area contributed by atoms with Gasteiger partial charge < -0.3 is 19.5 Å². The van der Waals surface area contributed by atoms with Crippen molar-refractivity contribution in [3.05, 3.63) is 62.5 Å². The summed E-state index contributed by atoms with van der Waals surface area (Å²) in [4.78, 5) is 37.6. The number of benzene rings is 2. The number of rotatable bonds is 7.